The first-order chi connectivity index (χ1) is 15.8. The van der Waals surface area contributed by atoms with E-state index in [0.29, 0.717) is 10.6 Å². The number of benzene rings is 3. The average Bonchev–Trinajstić information content (AvgIpc) is 2.86. The number of aliphatic hydroxyl groups is 1. The Kier molecular flexibility index (Phi) is 8.25. The lowest BCUT2D eigenvalue weighted by atomic mass is 10.00. The summed E-state index contributed by atoms with van der Waals surface area (Å²) in [6.07, 6.45) is -0.831. The normalized spacial score (nSPS) is 14.5. The van der Waals surface area contributed by atoms with Crippen LogP contribution < -0.4 is 15.7 Å². The zero-order chi connectivity index (χ0) is 24.0. The molecule has 0 unspecified atom stereocenters. The van der Waals surface area contributed by atoms with Gasteiger partial charge in [-0.05, 0) is 42.7 Å². The molecular weight excluding hydrogens is 431 g/mol. The third-order valence-electron chi connectivity index (χ3n) is 6.05. The van der Waals surface area contributed by atoms with Crippen LogP contribution in [0.15, 0.2) is 91.0 Å². The summed E-state index contributed by atoms with van der Waals surface area (Å²) in [4.78, 5) is 15.2. The molecule has 0 aliphatic rings. The van der Waals surface area contributed by atoms with Crippen molar-refractivity contribution in [1.82, 2.24) is 9.99 Å². The summed E-state index contributed by atoms with van der Waals surface area (Å²) in [5.41, 5.74) is 0.748. The van der Waals surface area contributed by atoms with Gasteiger partial charge in [0.2, 0.25) is 13.2 Å². The van der Waals surface area contributed by atoms with Gasteiger partial charge in [0.1, 0.15) is 0 Å². The molecule has 0 spiro atoms. The van der Waals surface area contributed by atoms with Gasteiger partial charge in [-0.15, -0.1) is 0 Å². The van der Waals surface area contributed by atoms with E-state index < -0.39 is 25.5 Å². The molecule has 0 saturated carbocycles. The van der Waals surface area contributed by atoms with Crippen molar-refractivity contribution >= 4 is 23.8 Å². The second-order valence-corrected chi connectivity index (χ2v) is 11.2. The fourth-order valence-electron chi connectivity index (χ4n) is 3.82. The zero-order valence-corrected chi connectivity index (χ0v) is 20.5. The number of rotatable bonds is 9. The van der Waals surface area contributed by atoms with Gasteiger partial charge in [0.05, 0.1) is 18.2 Å². The molecule has 0 radical (unpaired) electrons. The third kappa shape index (κ3) is 5.62. The number of hydrogen-bond acceptors (Lipinski definition) is 3. The molecule has 174 valence electrons. The minimum absolute atomic E-state index is 0.123. The van der Waals surface area contributed by atoms with E-state index in [9.17, 15) is 14.5 Å². The van der Waals surface area contributed by atoms with Crippen LogP contribution in [-0.4, -0.2) is 35.0 Å². The maximum Gasteiger partial charge on any atom is 0.240 e. The molecule has 2 N–H and O–H groups in total. The fourth-order valence-corrected chi connectivity index (χ4v) is 6.40. The fraction of sp³-hybridized carbons (Fsp3) is 0.296. The minimum atomic E-state index is -3.30. The summed E-state index contributed by atoms with van der Waals surface area (Å²) in [5, 5.41) is 15.4. The number of aliphatic hydroxyl groups excluding tert-OH is 1. The van der Waals surface area contributed by atoms with Gasteiger partial charge < -0.3 is 10.0 Å². The van der Waals surface area contributed by atoms with Crippen LogP contribution in [0, 0.1) is 5.92 Å². The maximum atomic E-state index is 14.5. The zero-order valence-electron chi connectivity index (χ0n) is 19.6. The molecule has 5 nitrogen and oxygen atoms in total. The Morgan fingerprint density at radius 2 is 1.24 bits per heavy atom. The minimum Gasteiger partial charge on any atom is -0.386 e. The van der Waals surface area contributed by atoms with E-state index in [4.69, 9.17) is 0 Å². The molecule has 33 heavy (non-hydrogen) atoms. The summed E-state index contributed by atoms with van der Waals surface area (Å²) in [5.74, 6) is -0.332. The third-order valence-corrected chi connectivity index (χ3v) is 8.74. The van der Waals surface area contributed by atoms with Crippen LogP contribution in [0.5, 0.6) is 0 Å². The van der Waals surface area contributed by atoms with Crippen LogP contribution in [0.25, 0.3) is 0 Å². The second kappa shape index (κ2) is 10.9. The van der Waals surface area contributed by atoms with Crippen molar-refractivity contribution < 1.29 is 14.5 Å². The molecule has 0 bridgehead atoms. The van der Waals surface area contributed by atoms with Crippen molar-refractivity contribution in [2.24, 2.45) is 5.92 Å². The molecule has 0 aliphatic carbocycles. The number of nitrogens with one attached hydrogen (secondary N) is 1. The Bertz CT molecular complexity index is 1030. The summed E-state index contributed by atoms with van der Waals surface area (Å²) >= 11 is 0. The number of hydrogen-bond donors (Lipinski definition) is 2. The maximum absolute atomic E-state index is 14.5. The van der Waals surface area contributed by atoms with Crippen LogP contribution in [-0.2, 0) is 9.36 Å². The first-order valence-electron chi connectivity index (χ1n) is 11.2. The molecule has 0 aliphatic heterocycles. The molecule has 0 fully saturated rings. The SMILES string of the molecule is CC(C)[C@H](NP(=O)(c1ccccc1)c1ccccc1)C(=O)N(C)[C@@H](C)[C@@H](O)c1ccccc1. The van der Waals surface area contributed by atoms with Crippen molar-refractivity contribution in [3.05, 3.63) is 96.6 Å². The molecule has 6 heteroatoms. The van der Waals surface area contributed by atoms with Crippen molar-refractivity contribution in [1.29, 1.82) is 0 Å². The van der Waals surface area contributed by atoms with Crippen molar-refractivity contribution in [3.63, 3.8) is 0 Å². The monoisotopic (exact) mass is 464 g/mol. The smallest absolute Gasteiger partial charge is 0.240 e. The number of likely N-dealkylation sites (N-methyl/N-ethyl adjacent to an activating group) is 1. The van der Waals surface area contributed by atoms with Gasteiger partial charge in [0, 0.05) is 17.7 Å². The van der Waals surface area contributed by atoms with Crippen LogP contribution in [0.2, 0.25) is 0 Å². The second-order valence-electron chi connectivity index (χ2n) is 8.68. The lowest BCUT2D eigenvalue weighted by molar-refractivity contribution is -0.136. The molecule has 3 aromatic carbocycles. The van der Waals surface area contributed by atoms with E-state index in [1.807, 2.05) is 112 Å². The van der Waals surface area contributed by atoms with Crippen LogP contribution in [0.3, 0.4) is 0 Å². The quantitative estimate of drug-likeness (QED) is 0.468. The van der Waals surface area contributed by atoms with Gasteiger partial charge in [0.25, 0.3) is 0 Å². The van der Waals surface area contributed by atoms with Crippen molar-refractivity contribution in [3.8, 4) is 0 Å². The van der Waals surface area contributed by atoms with Gasteiger partial charge in [0.15, 0.2) is 0 Å². The van der Waals surface area contributed by atoms with Gasteiger partial charge >= 0.3 is 0 Å². The van der Waals surface area contributed by atoms with E-state index in [1.54, 1.807) is 11.9 Å². The van der Waals surface area contributed by atoms with Crippen molar-refractivity contribution in [2.45, 2.75) is 39.0 Å². The van der Waals surface area contributed by atoms with Crippen molar-refractivity contribution in [2.75, 3.05) is 7.05 Å². The Balaban J connectivity index is 1.92. The highest BCUT2D eigenvalue weighted by molar-refractivity contribution is 7.77. The Morgan fingerprint density at radius 3 is 1.67 bits per heavy atom. The van der Waals surface area contributed by atoms with E-state index in [2.05, 4.69) is 5.09 Å². The first kappa shape index (κ1) is 24.9. The van der Waals surface area contributed by atoms with Crippen LogP contribution in [0.1, 0.15) is 32.4 Å². The molecule has 0 heterocycles. The largest absolute Gasteiger partial charge is 0.386 e. The molecule has 1 amide bonds. The molecule has 3 aromatic rings. The van der Waals surface area contributed by atoms with Gasteiger partial charge in [-0.1, -0.05) is 80.6 Å². The predicted octanol–water partition coefficient (Wildman–Crippen LogP) is 4.11. The molecule has 3 atom stereocenters. The summed E-state index contributed by atoms with van der Waals surface area (Å²) in [6.45, 7) is 5.69. The molecular formula is C27H33N2O3P. The Labute approximate surface area is 196 Å². The number of carbonyl (C=O) groups excluding carboxylic acids is 1. The first-order valence-corrected chi connectivity index (χ1v) is 12.9. The standard InChI is InChI=1S/C27H33N2O3P/c1-20(2)25(27(31)29(4)21(3)26(30)22-14-8-5-9-15-22)28-33(32,23-16-10-6-11-17-23)24-18-12-7-13-19-24/h5-21,25-26,30H,1-4H3,(H,28,32)/t21-,25-,26+/m0/s1. The Hall–Kier alpha value is -2.72. The highest BCUT2D eigenvalue weighted by atomic mass is 31.2. The highest BCUT2D eigenvalue weighted by Gasteiger charge is 2.37. The van der Waals surface area contributed by atoms with E-state index in [0.717, 1.165) is 5.56 Å². The van der Waals surface area contributed by atoms with Gasteiger partial charge in [-0.3, -0.25) is 9.36 Å². The summed E-state index contributed by atoms with van der Waals surface area (Å²) < 4.78 is 14.5. The number of amides is 1. The lowest BCUT2D eigenvalue weighted by Crippen LogP contribution is -2.52. The van der Waals surface area contributed by atoms with E-state index >= 15 is 0 Å². The molecule has 3 rings (SSSR count). The number of carbonyl (C=O) groups is 1. The number of nitrogens with zero attached hydrogens (tertiary/aromatic N) is 1. The molecule has 0 saturated heterocycles. The lowest BCUT2D eigenvalue weighted by Gasteiger charge is -2.35. The summed E-state index contributed by atoms with van der Waals surface area (Å²) in [7, 11) is -1.61. The molecule has 0 aromatic heterocycles. The average molecular weight is 465 g/mol. The predicted molar refractivity (Wildman–Crippen MR) is 135 cm³/mol. The van der Waals surface area contributed by atoms with Gasteiger partial charge in [-0.2, -0.15) is 0 Å². The van der Waals surface area contributed by atoms with Crippen LogP contribution in [0.4, 0.5) is 0 Å². The van der Waals surface area contributed by atoms with Gasteiger partial charge in [-0.25, -0.2) is 5.09 Å². The van der Waals surface area contributed by atoms with E-state index in [1.165, 1.54) is 0 Å². The van der Waals surface area contributed by atoms with Crippen LogP contribution >= 0.6 is 7.29 Å². The highest BCUT2D eigenvalue weighted by Crippen LogP contribution is 2.40. The summed E-state index contributed by atoms with van der Waals surface area (Å²) in [6, 6.07) is 26.6. The Morgan fingerprint density at radius 1 is 0.818 bits per heavy atom. The topological polar surface area (TPSA) is 69.6 Å². The van der Waals surface area contributed by atoms with E-state index in [-0.39, 0.29) is 11.8 Å².